The maximum Gasteiger partial charge on any atom is 0.253 e. The Morgan fingerprint density at radius 3 is 2.10 bits per heavy atom. The number of carbonyl (C=O) groups is 2. The molecule has 2 aromatic rings. The lowest BCUT2D eigenvalue weighted by Crippen LogP contribution is -2.51. The van der Waals surface area contributed by atoms with Crippen LogP contribution in [0, 0.1) is 0 Å². The first kappa shape index (κ1) is 21.1. The van der Waals surface area contributed by atoms with Gasteiger partial charge < -0.3 is 10.2 Å². The molecule has 1 N–H and O–H groups in total. The molecule has 1 aliphatic heterocycles. The Bertz CT molecular complexity index is 817. The highest BCUT2D eigenvalue weighted by molar-refractivity contribution is 5.94. The third-order valence-corrected chi connectivity index (χ3v) is 5.36. The lowest BCUT2D eigenvalue weighted by atomic mass is 9.86. The van der Waals surface area contributed by atoms with Crippen LogP contribution in [0.1, 0.15) is 42.3 Å². The molecule has 5 nitrogen and oxygen atoms in total. The number of nitrogens with zero attached hydrogens (tertiary/aromatic N) is 2. The van der Waals surface area contributed by atoms with Crippen molar-refractivity contribution >= 4 is 11.8 Å². The normalized spacial score (nSPS) is 15.2. The van der Waals surface area contributed by atoms with E-state index in [9.17, 15) is 9.59 Å². The van der Waals surface area contributed by atoms with Crippen LogP contribution in [0.2, 0.25) is 0 Å². The molecule has 1 aliphatic rings. The molecule has 1 saturated heterocycles. The zero-order chi connectivity index (χ0) is 20.9. The molecule has 0 unspecified atom stereocenters. The molecule has 0 bridgehead atoms. The van der Waals surface area contributed by atoms with Gasteiger partial charge in [-0.15, -0.1) is 0 Å². The van der Waals surface area contributed by atoms with Crippen molar-refractivity contribution in [1.29, 1.82) is 0 Å². The van der Waals surface area contributed by atoms with Crippen molar-refractivity contribution in [2.24, 2.45) is 0 Å². The first-order chi connectivity index (χ1) is 13.8. The Morgan fingerprint density at radius 1 is 0.897 bits per heavy atom. The van der Waals surface area contributed by atoms with Crippen LogP contribution in [0.15, 0.2) is 54.6 Å². The second kappa shape index (κ2) is 9.23. The molecule has 0 aromatic heterocycles. The third kappa shape index (κ3) is 5.91. The van der Waals surface area contributed by atoms with Crippen molar-refractivity contribution in [3.8, 4) is 0 Å². The van der Waals surface area contributed by atoms with Crippen molar-refractivity contribution in [2.75, 3.05) is 32.7 Å². The maximum absolute atomic E-state index is 12.8. The summed E-state index contributed by atoms with van der Waals surface area (Å²) in [4.78, 5) is 29.0. The lowest BCUT2D eigenvalue weighted by molar-refractivity contribution is -0.122. The molecule has 0 radical (unpaired) electrons. The van der Waals surface area contributed by atoms with Gasteiger partial charge in [-0.05, 0) is 28.7 Å². The standard InChI is InChI=1S/C24H31N3O2/c1-24(2,3)21-11-9-20(10-12-21)23(29)27-15-13-26(14-16-27)18-22(28)25-17-19-7-5-4-6-8-19/h4-12H,13-18H2,1-3H3,(H,25,28). The van der Waals surface area contributed by atoms with E-state index in [1.54, 1.807) is 0 Å². The van der Waals surface area contributed by atoms with Gasteiger partial charge in [0.05, 0.1) is 6.54 Å². The van der Waals surface area contributed by atoms with E-state index in [1.807, 2.05) is 59.5 Å². The van der Waals surface area contributed by atoms with Gasteiger partial charge in [0.15, 0.2) is 0 Å². The van der Waals surface area contributed by atoms with Gasteiger partial charge in [0.1, 0.15) is 0 Å². The highest BCUT2D eigenvalue weighted by Crippen LogP contribution is 2.22. The van der Waals surface area contributed by atoms with E-state index < -0.39 is 0 Å². The van der Waals surface area contributed by atoms with Crippen LogP contribution in [0.25, 0.3) is 0 Å². The summed E-state index contributed by atoms with van der Waals surface area (Å²) in [6.07, 6.45) is 0. The van der Waals surface area contributed by atoms with Crippen LogP contribution in [-0.2, 0) is 16.8 Å². The van der Waals surface area contributed by atoms with E-state index in [4.69, 9.17) is 0 Å². The van der Waals surface area contributed by atoms with Crippen molar-refractivity contribution in [3.05, 3.63) is 71.3 Å². The molecule has 2 aromatic carbocycles. The SMILES string of the molecule is CC(C)(C)c1ccc(C(=O)N2CCN(CC(=O)NCc3ccccc3)CC2)cc1. The molecular weight excluding hydrogens is 362 g/mol. The van der Waals surface area contributed by atoms with Crippen LogP contribution >= 0.6 is 0 Å². The zero-order valence-corrected chi connectivity index (χ0v) is 17.6. The van der Waals surface area contributed by atoms with Crippen LogP contribution in [0.5, 0.6) is 0 Å². The molecule has 1 heterocycles. The second-order valence-corrected chi connectivity index (χ2v) is 8.66. The Morgan fingerprint density at radius 2 is 1.52 bits per heavy atom. The molecule has 29 heavy (non-hydrogen) atoms. The van der Waals surface area contributed by atoms with Gasteiger partial charge in [0.25, 0.3) is 5.91 Å². The first-order valence-corrected chi connectivity index (χ1v) is 10.3. The molecule has 0 aliphatic carbocycles. The van der Waals surface area contributed by atoms with Crippen LogP contribution in [0.4, 0.5) is 0 Å². The summed E-state index contributed by atoms with van der Waals surface area (Å²) in [5.74, 6) is 0.0880. The number of benzene rings is 2. The number of hydrogen-bond acceptors (Lipinski definition) is 3. The predicted octanol–water partition coefficient (Wildman–Crippen LogP) is 3.06. The Hall–Kier alpha value is -2.66. The van der Waals surface area contributed by atoms with Crippen LogP contribution < -0.4 is 5.32 Å². The molecule has 0 saturated carbocycles. The molecule has 0 spiro atoms. The number of carbonyl (C=O) groups excluding carboxylic acids is 2. The average Bonchev–Trinajstić information content (AvgIpc) is 2.72. The summed E-state index contributed by atoms with van der Waals surface area (Å²) >= 11 is 0. The zero-order valence-electron chi connectivity index (χ0n) is 17.6. The number of nitrogens with one attached hydrogen (secondary N) is 1. The average molecular weight is 394 g/mol. The van der Waals surface area contributed by atoms with E-state index in [0.717, 1.165) is 11.1 Å². The number of piperazine rings is 1. The molecule has 0 atom stereocenters. The van der Waals surface area contributed by atoms with Crippen molar-refractivity contribution < 1.29 is 9.59 Å². The van der Waals surface area contributed by atoms with Gasteiger partial charge in [-0.2, -0.15) is 0 Å². The molecule has 1 fully saturated rings. The molecule has 154 valence electrons. The van der Waals surface area contributed by atoms with Gasteiger partial charge in [0.2, 0.25) is 5.91 Å². The Labute approximate surface area is 173 Å². The molecule has 2 amide bonds. The summed E-state index contributed by atoms with van der Waals surface area (Å²) in [7, 11) is 0. The third-order valence-electron chi connectivity index (χ3n) is 5.36. The van der Waals surface area contributed by atoms with Gasteiger partial charge >= 0.3 is 0 Å². The largest absolute Gasteiger partial charge is 0.351 e. The highest BCUT2D eigenvalue weighted by atomic mass is 16.2. The van der Waals surface area contributed by atoms with Gasteiger partial charge in [-0.25, -0.2) is 0 Å². The van der Waals surface area contributed by atoms with E-state index in [0.29, 0.717) is 39.3 Å². The van der Waals surface area contributed by atoms with Gasteiger partial charge in [-0.3, -0.25) is 14.5 Å². The first-order valence-electron chi connectivity index (χ1n) is 10.3. The minimum Gasteiger partial charge on any atom is -0.351 e. The second-order valence-electron chi connectivity index (χ2n) is 8.66. The lowest BCUT2D eigenvalue weighted by Gasteiger charge is -2.34. The molecule has 5 heteroatoms. The van der Waals surface area contributed by atoms with Crippen molar-refractivity contribution in [3.63, 3.8) is 0 Å². The fourth-order valence-corrected chi connectivity index (χ4v) is 3.46. The molecule has 3 rings (SSSR count). The van der Waals surface area contributed by atoms with Crippen molar-refractivity contribution in [2.45, 2.75) is 32.7 Å². The highest BCUT2D eigenvalue weighted by Gasteiger charge is 2.23. The van der Waals surface area contributed by atoms with E-state index in [-0.39, 0.29) is 17.2 Å². The number of hydrogen-bond donors (Lipinski definition) is 1. The topological polar surface area (TPSA) is 52.7 Å². The van der Waals surface area contributed by atoms with E-state index in [2.05, 4.69) is 31.0 Å². The summed E-state index contributed by atoms with van der Waals surface area (Å²) in [5.41, 5.74) is 3.12. The summed E-state index contributed by atoms with van der Waals surface area (Å²) in [6.45, 7) is 10.1. The minimum atomic E-state index is 0.0198. The number of rotatable bonds is 5. The van der Waals surface area contributed by atoms with E-state index in [1.165, 1.54) is 5.56 Å². The van der Waals surface area contributed by atoms with Gasteiger partial charge in [0, 0.05) is 38.3 Å². The molecular formula is C24H31N3O2. The minimum absolute atomic E-state index is 0.0198. The summed E-state index contributed by atoms with van der Waals surface area (Å²) < 4.78 is 0. The Balaban J connectivity index is 1.45. The van der Waals surface area contributed by atoms with Crippen LogP contribution in [0.3, 0.4) is 0 Å². The summed E-state index contributed by atoms with van der Waals surface area (Å²) in [5, 5.41) is 2.96. The Kier molecular flexibility index (Phi) is 6.70. The smallest absolute Gasteiger partial charge is 0.253 e. The monoisotopic (exact) mass is 393 g/mol. The fourth-order valence-electron chi connectivity index (χ4n) is 3.46. The summed E-state index contributed by atoms with van der Waals surface area (Å²) in [6, 6.07) is 17.8. The van der Waals surface area contributed by atoms with E-state index >= 15 is 0 Å². The fraction of sp³-hybridized carbons (Fsp3) is 0.417. The quantitative estimate of drug-likeness (QED) is 0.849. The van der Waals surface area contributed by atoms with Crippen LogP contribution in [-0.4, -0.2) is 54.3 Å². The predicted molar refractivity (Wildman–Crippen MR) is 116 cm³/mol. The van der Waals surface area contributed by atoms with Gasteiger partial charge in [-0.1, -0.05) is 63.2 Å². The maximum atomic E-state index is 12.8. The number of amides is 2. The van der Waals surface area contributed by atoms with Crippen molar-refractivity contribution in [1.82, 2.24) is 15.1 Å².